The van der Waals surface area contributed by atoms with Gasteiger partial charge in [0.2, 0.25) is 0 Å². The Bertz CT molecular complexity index is 701. The summed E-state index contributed by atoms with van der Waals surface area (Å²) in [5.41, 5.74) is 2.38. The second-order valence-electron chi connectivity index (χ2n) is 10.7. The summed E-state index contributed by atoms with van der Waals surface area (Å²) in [6.45, 7) is 18.0. The van der Waals surface area contributed by atoms with Crippen LogP contribution in [0.5, 0.6) is 0 Å². The van der Waals surface area contributed by atoms with Gasteiger partial charge in [-0.25, -0.2) is 0 Å². The number of hydrogen-bond donors (Lipinski definition) is 0. The zero-order chi connectivity index (χ0) is 21.1. The average Bonchev–Trinajstić information content (AvgIpc) is 2.60. The Balaban J connectivity index is 2.11. The van der Waals surface area contributed by atoms with Gasteiger partial charge in [-0.1, -0.05) is 88.4 Å². The molecule has 0 aliphatic carbocycles. The molecule has 0 unspecified atom stereocenters. The van der Waals surface area contributed by atoms with Gasteiger partial charge in [0.25, 0.3) is 0 Å². The van der Waals surface area contributed by atoms with Crippen LogP contribution < -0.4 is 0 Å². The van der Waals surface area contributed by atoms with Crippen LogP contribution in [0.4, 0.5) is 0 Å². The summed E-state index contributed by atoms with van der Waals surface area (Å²) in [5, 5.41) is 9.68. The first-order valence-corrected chi connectivity index (χ1v) is 10.4. The summed E-state index contributed by atoms with van der Waals surface area (Å²) >= 11 is 0. The summed E-state index contributed by atoms with van der Waals surface area (Å²) in [6, 6.07) is 21.4. The van der Waals surface area contributed by atoms with E-state index in [1.54, 1.807) is 0 Å². The SMILES string of the molecule is CC(C)(CC(C)(C)c1ccccc1)N=NC(C)(C)CC(C)(C)c1ccccc1. The van der Waals surface area contributed by atoms with E-state index in [4.69, 9.17) is 10.2 Å². The first-order valence-electron chi connectivity index (χ1n) is 10.4. The molecule has 2 aromatic carbocycles. The van der Waals surface area contributed by atoms with E-state index in [1.807, 2.05) is 0 Å². The second kappa shape index (κ2) is 8.19. The fourth-order valence-electron chi connectivity index (χ4n) is 4.49. The highest BCUT2D eigenvalue weighted by Gasteiger charge is 2.33. The van der Waals surface area contributed by atoms with Gasteiger partial charge in [0, 0.05) is 0 Å². The van der Waals surface area contributed by atoms with Crippen molar-refractivity contribution in [1.82, 2.24) is 0 Å². The molecular weight excluding hydrogens is 340 g/mol. The maximum Gasteiger partial charge on any atom is 0.0768 e. The zero-order valence-corrected chi connectivity index (χ0v) is 19.1. The van der Waals surface area contributed by atoms with Gasteiger partial charge in [-0.15, -0.1) is 0 Å². The highest BCUT2D eigenvalue weighted by Crippen LogP contribution is 2.37. The molecule has 0 aliphatic heterocycles. The molecule has 2 nitrogen and oxygen atoms in total. The lowest BCUT2D eigenvalue weighted by Gasteiger charge is -2.35. The van der Waals surface area contributed by atoms with Crippen LogP contribution in [0, 0.1) is 0 Å². The zero-order valence-electron chi connectivity index (χ0n) is 19.1. The highest BCUT2D eigenvalue weighted by molar-refractivity contribution is 5.25. The van der Waals surface area contributed by atoms with Gasteiger partial charge in [-0.3, -0.25) is 0 Å². The van der Waals surface area contributed by atoms with Crippen molar-refractivity contribution in [1.29, 1.82) is 0 Å². The maximum absolute atomic E-state index is 4.84. The standard InChI is InChI=1S/C26H38N2/c1-23(2,21-15-11-9-12-16-21)19-25(5,6)27-28-26(7,8)20-24(3,4)22-17-13-10-14-18-22/h9-18H,19-20H2,1-8H3. The van der Waals surface area contributed by atoms with Crippen LogP contribution in [0.15, 0.2) is 70.9 Å². The van der Waals surface area contributed by atoms with Gasteiger partial charge in [0.1, 0.15) is 0 Å². The van der Waals surface area contributed by atoms with Gasteiger partial charge in [-0.2, -0.15) is 10.2 Å². The molecule has 0 N–H and O–H groups in total. The first-order chi connectivity index (χ1) is 12.8. The fourth-order valence-corrected chi connectivity index (χ4v) is 4.49. The number of benzene rings is 2. The van der Waals surface area contributed by atoms with Crippen LogP contribution in [0.3, 0.4) is 0 Å². The van der Waals surface area contributed by atoms with Crippen LogP contribution in [0.2, 0.25) is 0 Å². The minimum atomic E-state index is -0.215. The molecule has 0 aliphatic rings. The number of hydrogen-bond acceptors (Lipinski definition) is 2. The van der Waals surface area contributed by atoms with Crippen molar-refractivity contribution in [3.63, 3.8) is 0 Å². The Morgan fingerprint density at radius 3 is 1.07 bits per heavy atom. The molecule has 0 spiro atoms. The number of rotatable bonds is 8. The highest BCUT2D eigenvalue weighted by atomic mass is 15.2. The van der Waals surface area contributed by atoms with Crippen LogP contribution in [0.1, 0.15) is 79.4 Å². The van der Waals surface area contributed by atoms with Crippen molar-refractivity contribution >= 4 is 0 Å². The van der Waals surface area contributed by atoms with Crippen LogP contribution >= 0.6 is 0 Å². The summed E-state index contributed by atoms with van der Waals surface area (Å²) in [7, 11) is 0. The lowest BCUT2D eigenvalue weighted by molar-refractivity contribution is 0.298. The Kier molecular flexibility index (Phi) is 6.53. The molecule has 0 aromatic heterocycles. The van der Waals surface area contributed by atoms with Crippen molar-refractivity contribution in [3.05, 3.63) is 71.8 Å². The molecule has 0 radical (unpaired) electrons. The van der Waals surface area contributed by atoms with Crippen molar-refractivity contribution in [2.45, 2.75) is 90.1 Å². The molecule has 0 saturated heterocycles. The van der Waals surface area contributed by atoms with E-state index in [0.717, 1.165) is 12.8 Å². The van der Waals surface area contributed by atoms with E-state index in [-0.39, 0.29) is 21.9 Å². The van der Waals surface area contributed by atoms with Gasteiger partial charge in [-0.05, 0) is 62.5 Å². The van der Waals surface area contributed by atoms with Crippen LogP contribution in [0.25, 0.3) is 0 Å². The second-order valence-corrected chi connectivity index (χ2v) is 10.7. The van der Waals surface area contributed by atoms with Crippen molar-refractivity contribution in [2.24, 2.45) is 10.2 Å². The molecule has 0 fully saturated rings. The molecule has 2 rings (SSSR count). The van der Waals surface area contributed by atoms with Crippen LogP contribution in [-0.4, -0.2) is 11.1 Å². The molecule has 0 saturated carbocycles. The molecule has 152 valence electrons. The average molecular weight is 379 g/mol. The van der Waals surface area contributed by atoms with Crippen molar-refractivity contribution in [2.75, 3.05) is 0 Å². The minimum absolute atomic E-state index is 0.0528. The van der Waals surface area contributed by atoms with E-state index in [1.165, 1.54) is 11.1 Å². The van der Waals surface area contributed by atoms with Crippen LogP contribution in [-0.2, 0) is 10.8 Å². The third-order valence-corrected chi connectivity index (χ3v) is 5.45. The summed E-state index contributed by atoms with van der Waals surface area (Å²) in [6.07, 6.45) is 1.90. The quantitative estimate of drug-likeness (QED) is 0.420. The molecule has 0 amide bonds. The van der Waals surface area contributed by atoms with Gasteiger partial charge >= 0.3 is 0 Å². The summed E-state index contributed by atoms with van der Waals surface area (Å²) in [4.78, 5) is 0. The number of azo groups is 1. The first kappa shape index (κ1) is 22.3. The third kappa shape index (κ3) is 6.29. The van der Waals surface area contributed by atoms with Gasteiger partial charge < -0.3 is 0 Å². The summed E-state index contributed by atoms with van der Waals surface area (Å²) in [5.74, 6) is 0. The normalized spacial score (nSPS) is 13.9. The van der Waals surface area contributed by atoms with Gasteiger partial charge in [0.05, 0.1) is 11.1 Å². The molecule has 2 heteroatoms. The monoisotopic (exact) mass is 378 g/mol. The fraction of sp³-hybridized carbons (Fsp3) is 0.538. The molecule has 0 bridgehead atoms. The Labute approximate surface area is 172 Å². The van der Waals surface area contributed by atoms with E-state index in [0.29, 0.717) is 0 Å². The van der Waals surface area contributed by atoms with E-state index in [2.05, 4.69) is 116 Å². The molecule has 2 aromatic rings. The Morgan fingerprint density at radius 1 is 0.500 bits per heavy atom. The van der Waals surface area contributed by atoms with E-state index >= 15 is 0 Å². The Morgan fingerprint density at radius 2 is 0.786 bits per heavy atom. The predicted molar refractivity (Wildman–Crippen MR) is 121 cm³/mol. The molecular formula is C26H38N2. The molecule has 28 heavy (non-hydrogen) atoms. The predicted octanol–water partition coefficient (Wildman–Crippen LogP) is 7.73. The minimum Gasteiger partial charge on any atom is -0.187 e. The lowest BCUT2D eigenvalue weighted by atomic mass is 9.75. The largest absolute Gasteiger partial charge is 0.187 e. The Hall–Kier alpha value is -1.96. The smallest absolute Gasteiger partial charge is 0.0768 e. The molecule has 0 heterocycles. The van der Waals surface area contributed by atoms with E-state index < -0.39 is 0 Å². The van der Waals surface area contributed by atoms with Crippen molar-refractivity contribution < 1.29 is 0 Å². The topological polar surface area (TPSA) is 24.7 Å². The number of nitrogens with zero attached hydrogens (tertiary/aromatic N) is 2. The summed E-state index contributed by atoms with van der Waals surface area (Å²) < 4.78 is 0. The van der Waals surface area contributed by atoms with E-state index in [9.17, 15) is 0 Å². The van der Waals surface area contributed by atoms with Crippen molar-refractivity contribution in [3.8, 4) is 0 Å². The lowest BCUT2D eigenvalue weighted by Crippen LogP contribution is -2.32. The maximum atomic E-state index is 4.84. The van der Waals surface area contributed by atoms with Gasteiger partial charge in [0.15, 0.2) is 0 Å². The molecule has 0 atom stereocenters. The third-order valence-electron chi connectivity index (χ3n) is 5.45.